The summed E-state index contributed by atoms with van der Waals surface area (Å²) in [5.74, 6) is -0.781. The molecule has 2 N–H and O–H groups in total. The maximum Gasteiger partial charge on any atom is 0.251 e. The summed E-state index contributed by atoms with van der Waals surface area (Å²) in [6.07, 6.45) is 3.10. The van der Waals surface area contributed by atoms with Crippen LogP contribution in [-0.2, 0) is 4.79 Å². The first kappa shape index (κ1) is 15.0. The van der Waals surface area contributed by atoms with E-state index in [0.717, 1.165) is 12.8 Å². The fourth-order valence-electron chi connectivity index (χ4n) is 1.72. The van der Waals surface area contributed by atoms with Gasteiger partial charge < -0.3 is 10.6 Å². The van der Waals surface area contributed by atoms with Crippen LogP contribution in [0.1, 0.15) is 36.0 Å². The van der Waals surface area contributed by atoms with Crippen molar-refractivity contribution in [2.45, 2.75) is 31.7 Å². The first-order valence-corrected chi connectivity index (χ1v) is 7.38. The van der Waals surface area contributed by atoms with Crippen LogP contribution < -0.4 is 10.6 Å². The van der Waals surface area contributed by atoms with Crippen molar-refractivity contribution in [2.75, 3.05) is 6.54 Å². The van der Waals surface area contributed by atoms with E-state index < -0.39 is 5.82 Å². The van der Waals surface area contributed by atoms with E-state index in [1.807, 2.05) is 0 Å². The van der Waals surface area contributed by atoms with Gasteiger partial charge in [-0.1, -0.05) is 0 Å². The first-order chi connectivity index (χ1) is 9.56. The molecule has 1 aliphatic carbocycles. The van der Waals surface area contributed by atoms with Crippen molar-refractivity contribution in [3.05, 3.63) is 34.1 Å². The molecule has 0 bridgehead atoms. The molecule has 1 fully saturated rings. The zero-order chi connectivity index (χ0) is 14.5. The van der Waals surface area contributed by atoms with Gasteiger partial charge in [-0.2, -0.15) is 0 Å². The van der Waals surface area contributed by atoms with Crippen molar-refractivity contribution < 1.29 is 14.0 Å². The third kappa shape index (κ3) is 4.59. The molecule has 0 radical (unpaired) electrons. The molecule has 0 aromatic heterocycles. The second-order valence-electron chi connectivity index (χ2n) is 4.83. The third-order valence-electron chi connectivity index (χ3n) is 2.99. The fourth-order valence-corrected chi connectivity index (χ4v) is 1.96. The van der Waals surface area contributed by atoms with Gasteiger partial charge >= 0.3 is 0 Å². The van der Waals surface area contributed by atoms with Crippen molar-refractivity contribution in [1.82, 2.24) is 10.6 Å². The number of nitrogens with one attached hydrogen (secondary N) is 2. The molecule has 0 spiro atoms. The number of benzene rings is 1. The normalized spacial score (nSPS) is 13.9. The van der Waals surface area contributed by atoms with E-state index in [2.05, 4.69) is 26.6 Å². The molecule has 2 amide bonds. The second kappa shape index (κ2) is 6.83. The maximum atomic E-state index is 13.3. The summed E-state index contributed by atoms with van der Waals surface area (Å²) in [6, 6.07) is 4.58. The Morgan fingerprint density at radius 1 is 1.35 bits per heavy atom. The van der Waals surface area contributed by atoms with Crippen LogP contribution in [0.25, 0.3) is 0 Å². The molecule has 0 atom stereocenters. The Kier molecular flexibility index (Phi) is 5.11. The smallest absolute Gasteiger partial charge is 0.251 e. The second-order valence-corrected chi connectivity index (χ2v) is 5.68. The van der Waals surface area contributed by atoms with Crippen molar-refractivity contribution >= 4 is 27.7 Å². The predicted molar refractivity (Wildman–Crippen MR) is 76.8 cm³/mol. The van der Waals surface area contributed by atoms with Gasteiger partial charge in [0.1, 0.15) is 5.82 Å². The summed E-state index contributed by atoms with van der Waals surface area (Å²) in [5, 5.41) is 5.55. The lowest BCUT2D eigenvalue weighted by atomic mass is 10.2. The van der Waals surface area contributed by atoms with Crippen molar-refractivity contribution in [1.29, 1.82) is 0 Å². The number of carbonyl (C=O) groups is 2. The topological polar surface area (TPSA) is 58.2 Å². The van der Waals surface area contributed by atoms with Crippen LogP contribution in [0.15, 0.2) is 22.7 Å². The van der Waals surface area contributed by atoms with E-state index in [9.17, 15) is 14.0 Å². The van der Waals surface area contributed by atoms with Crippen LogP contribution in [0.3, 0.4) is 0 Å². The Hall–Kier alpha value is -1.43. The molecule has 1 aliphatic rings. The van der Waals surface area contributed by atoms with Gasteiger partial charge in [0.05, 0.1) is 4.47 Å². The highest BCUT2D eigenvalue weighted by Crippen LogP contribution is 2.18. The van der Waals surface area contributed by atoms with Crippen LogP contribution in [0.5, 0.6) is 0 Å². The van der Waals surface area contributed by atoms with E-state index in [1.54, 1.807) is 6.07 Å². The SMILES string of the molecule is O=C(CCCNC(=O)c1ccc(Br)c(F)c1)NC1CC1. The molecule has 0 aliphatic heterocycles. The molecule has 1 saturated carbocycles. The molecule has 1 aromatic carbocycles. The highest BCUT2D eigenvalue weighted by atomic mass is 79.9. The van der Waals surface area contributed by atoms with Crippen molar-refractivity contribution in [3.8, 4) is 0 Å². The molecule has 0 unspecified atom stereocenters. The monoisotopic (exact) mass is 342 g/mol. The summed E-state index contributed by atoms with van der Waals surface area (Å²) in [4.78, 5) is 23.2. The van der Waals surface area contributed by atoms with Gasteiger partial charge in [0.2, 0.25) is 5.91 Å². The standard InChI is InChI=1S/C14H16BrFN2O2/c15-11-6-3-9(8-12(11)16)14(20)17-7-1-2-13(19)18-10-4-5-10/h3,6,8,10H,1-2,4-5,7H2,(H,17,20)(H,18,19). The van der Waals surface area contributed by atoms with Crippen LogP contribution in [-0.4, -0.2) is 24.4 Å². The van der Waals surface area contributed by atoms with Crippen LogP contribution in [0.4, 0.5) is 4.39 Å². The molecule has 4 nitrogen and oxygen atoms in total. The molecule has 0 heterocycles. The number of rotatable bonds is 6. The molecule has 0 saturated heterocycles. The van der Waals surface area contributed by atoms with Gasteiger partial charge in [-0.3, -0.25) is 9.59 Å². The molecule has 1 aromatic rings. The lowest BCUT2D eigenvalue weighted by molar-refractivity contribution is -0.121. The summed E-state index contributed by atoms with van der Waals surface area (Å²) in [6.45, 7) is 0.397. The average Bonchev–Trinajstić information content (AvgIpc) is 3.21. The van der Waals surface area contributed by atoms with Gasteiger partial charge in [0.25, 0.3) is 5.91 Å². The van der Waals surface area contributed by atoms with E-state index in [-0.39, 0.29) is 17.4 Å². The third-order valence-corrected chi connectivity index (χ3v) is 3.63. The number of amides is 2. The summed E-state index contributed by atoms with van der Waals surface area (Å²) < 4.78 is 13.6. The quantitative estimate of drug-likeness (QED) is 0.780. The lowest BCUT2D eigenvalue weighted by Crippen LogP contribution is -2.28. The van der Waals surface area contributed by atoms with Crippen LogP contribution in [0.2, 0.25) is 0 Å². The molecule has 20 heavy (non-hydrogen) atoms. The largest absolute Gasteiger partial charge is 0.353 e. The molecular formula is C14H16BrFN2O2. The summed E-state index contributed by atoms with van der Waals surface area (Å²) >= 11 is 3.03. The number of hydrogen-bond acceptors (Lipinski definition) is 2. The summed E-state index contributed by atoms with van der Waals surface area (Å²) in [7, 11) is 0. The first-order valence-electron chi connectivity index (χ1n) is 6.59. The van der Waals surface area contributed by atoms with E-state index >= 15 is 0 Å². The van der Waals surface area contributed by atoms with E-state index in [1.165, 1.54) is 12.1 Å². The Morgan fingerprint density at radius 3 is 2.75 bits per heavy atom. The lowest BCUT2D eigenvalue weighted by Gasteiger charge is -2.06. The van der Waals surface area contributed by atoms with Gasteiger partial charge in [-0.05, 0) is 53.4 Å². The van der Waals surface area contributed by atoms with E-state index in [4.69, 9.17) is 0 Å². The minimum atomic E-state index is -0.471. The highest BCUT2D eigenvalue weighted by Gasteiger charge is 2.22. The number of halogens is 2. The Morgan fingerprint density at radius 2 is 2.10 bits per heavy atom. The number of hydrogen-bond donors (Lipinski definition) is 2. The zero-order valence-corrected chi connectivity index (χ0v) is 12.5. The number of carbonyl (C=O) groups excluding carboxylic acids is 2. The van der Waals surface area contributed by atoms with Gasteiger partial charge in [0, 0.05) is 24.6 Å². The van der Waals surface area contributed by atoms with Gasteiger partial charge in [-0.25, -0.2) is 4.39 Å². The fraction of sp³-hybridized carbons (Fsp3) is 0.429. The Bertz CT molecular complexity index is 518. The molecule has 2 rings (SSSR count). The zero-order valence-electron chi connectivity index (χ0n) is 10.9. The Balaban J connectivity index is 1.68. The maximum absolute atomic E-state index is 13.3. The van der Waals surface area contributed by atoms with Crippen molar-refractivity contribution in [3.63, 3.8) is 0 Å². The average molecular weight is 343 g/mol. The van der Waals surface area contributed by atoms with Crippen LogP contribution in [0, 0.1) is 5.82 Å². The minimum Gasteiger partial charge on any atom is -0.353 e. The van der Waals surface area contributed by atoms with Gasteiger partial charge in [0.15, 0.2) is 0 Å². The predicted octanol–water partition coefficient (Wildman–Crippen LogP) is 2.38. The van der Waals surface area contributed by atoms with Gasteiger partial charge in [-0.15, -0.1) is 0 Å². The van der Waals surface area contributed by atoms with Crippen molar-refractivity contribution in [2.24, 2.45) is 0 Å². The van der Waals surface area contributed by atoms with E-state index in [0.29, 0.717) is 29.9 Å². The highest BCUT2D eigenvalue weighted by molar-refractivity contribution is 9.10. The Labute approximate surface area is 125 Å². The molecule has 108 valence electrons. The van der Waals surface area contributed by atoms with Crippen LogP contribution >= 0.6 is 15.9 Å². The minimum absolute atomic E-state index is 0.0245. The molecule has 6 heteroatoms. The molecular weight excluding hydrogens is 327 g/mol. The summed E-state index contributed by atoms with van der Waals surface area (Å²) in [5.41, 5.74) is 0.271.